The second kappa shape index (κ2) is 28.9. The van der Waals surface area contributed by atoms with Gasteiger partial charge in [-0.2, -0.15) is 0 Å². The summed E-state index contributed by atoms with van der Waals surface area (Å²) in [6.07, 6.45) is 0. The average molecular weight is 859 g/mol. The predicted octanol–water partition coefficient (Wildman–Crippen LogP) is 0.357. The molecule has 2 aromatic carbocycles. The molecule has 25 heteroatoms. The summed E-state index contributed by atoms with van der Waals surface area (Å²) in [5.41, 5.74) is 6.37. The highest BCUT2D eigenvalue weighted by Crippen LogP contribution is 2.32. The molecule has 0 bridgehead atoms. The summed E-state index contributed by atoms with van der Waals surface area (Å²) in [5.74, 6) is -5.52. The third kappa shape index (κ3) is 22.3. The number of benzene rings is 2. The van der Waals surface area contributed by atoms with Crippen LogP contribution in [0.15, 0.2) is 36.4 Å². The van der Waals surface area contributed by atoms with Gasteiger partial charge in [0.05, 0.1) is 36.6 Å². The maximum absolute atomic E-state index is 12.0. The van der Waals surface area contributed by atoms with Gasteiger partial charge < -0.3 is 68.0 Å². The number of ether oxygens (including phenoxy) is 10. The van der Waals surface area contributed by atoms with Gasteiger partial charge in [-0.1, -0.05) is 0 Å². The number of esters is 8. The van der Waals surface area contributed by atoms with Crippen molar-refractivity contribution in [3.63, 3.8) is 0 Å². The molecular weight excluding hydrogens is 812 g/mol. The molecule has 60 heavy (non-hydrogen) atoms. The Bertz CT molecular complexity index is 1720. The van der Waals surface area contributed by atoms with E-state index in [1.165, 1.54) is 45.1 Å². The number of nitrogen functional groups attached to an aromatic ring is 1. The number of nitrogens with zero attached hydrogens (tertiary/aromatic N) is 3. The Morgan fingerprint density at radius 2 is 0.850 bits per heavy atom. The number of nitro groups is 1. The van der Waals surface area contributed by atoms with Crippen molar-refractivity contribution in [2.45, 2.75) is 27.7 Å². The zero-order valence-corrected chi connectivity index (χ0v) is 33.7. The third-order valence-corrected chi connectivity index (χ3v) is 6.47. The first-order chi connectivity index (χ1) is 28.4. The maximum Gasteiger partial charge on any atom is 0.328 e. The van der Waals surface area contributed by atoms with Gasteiger partial charge in [0.15, 0.2) is 0 Å². The standard InChI is InChI=1S/C17H20N2O11.C17H22N2O9.CH4O/c1-11(20)27-9-29-16(22)7-18(8-17(23)30-10-28-12(2)21)14-5-4-13(19(24)25)6-15(14)26-3;1-11(20)25-9-27-16(22)7-19(8-17(23)28-10-26-12(2)21)14-5-4-13(18)6-15(14)24-3;1-2/h4-6H,7-10H2,1-3H3;4-6H,7-10,18H2,1-3H3;2H,1H3. The van der Waals surface area contributed by atoms with E-state index in [4.69, 9.17) is 39.3 Å². The summed E-state index contributed by atoms with van der Waals surface area (Å²) in [4.78, 5) is 104. The van der Waals surface area contributed by atoms with Gasteiger partial charge in [-0.25, -0.2) is 0 Å². The van der Waals surface area contributed by atoms with Crippen LogP contribution in [0.1, 0.15) is 27.7 Å². The monoisotopic (exact) mass is 858 g/mol. The number of anilines is 3. The predicted molar refractivity (Wildman–Crippen MR) is 201 cm³/mol. The third-order valence-electron chi connectivity index (χ3n) is 6.47. The van der Waals surface area contributed by atoms with Crippen LogP contribution in [-0.2, 0) is 76.3 Å². The number of aliphatic hydroxyl groups excluding tert-OH is 1. The summed E-state index contributed by atoms with van der Waals surface area (Å²) < 4.78 is 47.5. The van der Waals surface area contributed by atoms with Gasteiger partial charge in [0.2, 0.25) is 27.2 Å². The number of aliphatic hydroxyl groups is 1. The van der Waals surface area contributed by atoms with Crippen molar-refractivity contribution in [1.82, 2.24) is 0 Å². The number of carbonyl (C=O) groups excluding carboxylic acids is 8. The molecule has 0 aliphatic carbocycles. The smallest absolute Gasteiger partial charge is 0.328 e. The van der Waals surface area contributed by atoms with E-state index >= 15 is 0 Å². The highest BCUT2D eigenvalue weighted by atomic mass is 16.7. The van der Waals surface area contributed by atoms with Crippen LogP contribution in [0, 0.1) is 10.1 Å². The van der Waals surface area contributed by atoms with Crippen LogP contribution in [0.25, 0.3) is 0 Å². The van der Waals surface area contributed by atoms with E-state index in [1.807, 2.05) is 0 Å². The molecule has 0 spiro atoms. The van der Waals surface area contributed by atoms with Gasteiger partial charge in [0.1, 0.15) is 37.7 Å². The summed E-state index contributed by atoms with van der Waals surface area (Å²) in [6.45, 7) is 0.409. The summed E-state index contributed by atoms with van der Waals surface area (Å²) in [5, 5.41) is 18.0. The number of nitro benzene ring substituents is 1. The average Bonchev–Trinajstić information content (AvgIpc) is 3.17. The molecule has 0 saturated carbocycles. The van der Waals surface area contributed by atoms with Crippen LogP contribution in [0.3, 0.4) is 0 Å². The number of nitrogens with two attached hydrogens (primary N) is 1. The molecule has 2 rings (SSSR count). The molecule has 0 amide bonds. The fraction of sp³-hybridized carbons (Fsp3) is 0.429. The molecule has 0 radical (unpaired) electrons. The van der Waals surface area contributed by atoms with Crippen LogP contribution in [-0.4, -0.2) is 132 Å². The molecule has 0 heterocycles. The Morgan fingerprint density at radius 1 is 0.550 bits per heavy atom. The summed E-state index contributed by atoms with van der Waals surface area (Å²) >= 11 is 0. The minimum atomic E-state index is -0.871. The van der Waals surface area contributed by atoms with E-state index in [2.05, 4.69) is 18.9 Å². The zero-order valence-electron chi connectivity index (χ0n) is 33.7. The van der Waals surface area contributed by atoms with Crippen molar-refractivity contribution in [3.05, 3.63) is 46.5 Å². The number of hydrogen-bond acceptors (Lipinski definition) is 24. The van der Waals surface area contributed by atoms with Crippen molar-refractivity contribution in [2.75, 3.05) is 90.2 Å². The minimum absolute atomic E-state index is 0.00442. The SMILES string of the molecule is CO.COc1cc(N)ccc1N(CC(=O)OCOC(C)=O)CC(=O)OCOC(C)=O.COc1cc([N+](=O)[O-])ccc1N(CC(=O)OCOC(C)=O)CC(=O)OCOC(C)=O. The molecule has 0 aromatic heterocycles. The van der Waals surface area contributed by atoms with Crippen LogP contribution in [0.4, 0.5) is 22.7 Å². The van der Waals surface area contributed by atoms with Gasteiger partial charge in [-0.05, 0) is 18.2 Å². The van der Waals surface area contributed by atoms with Gasteiger partial charge in [-0.3, -0.25) is 48.5 Å². The van der Waals surface area contributed by atoms with Crippen molar-refractivity contribution >= 4 is 70.5 Å². The lowest BCUT2D eigenvalue weighted by Crippen LogP contribution is -2.37. The largest absolute Gasteiger partial charge is 0.495 e. The number of carbonyl (C=O) groups is 8. The van der Waals surface area contributed by atoms with E-state index in [1.54, 1.807) is 12.1 Å². The van der Waals surface area contributed by atoms with E-state index in [0.29, 0.717) is 17.1 Å². The van der Waals surface area contributed by atoms with Crippen molar-refractivity contribution in [1.29, 1.82) is 0 Å². The number of non-ortho nitro benzene ring substituents is 1. The second-order valence-corrected chi connectivity index (χ2v) is 10.8. The van der Waals surface area contributed by atoms with E-state index in [-0.39, 0.29) is 30.2 Å². The molecule has 0 atom stereocenters. The molecule has 0 saturated heterocycles. The first-order valence-corrected chi connectivity index (χ1v) is 16.7. The lowest BCUT2D eigenvalue weighted by Gasteiger charge is -2.24. The van der Waals surface area contributed by atoms with Crippen molar-refractivity contribution < 1.29 is 95.8 Å². The lowest BCUT2D eigenvalue weighted by atomic mass is 10.2. The Labute approximate surface area is 342 Å². The summed E-state index contributed by atoms with van der Waals surface area (Å²) in [6, 6.07) is 8.15. The first kappa shape index (κ1) is 52.6. The normalized spacial score (nSPS) is 9.60. The van der Waals surface area contributed by atoms with Crippen LogP contribution >= 0.6 is 0 Å². The second-order valence-electron chi connectivity index (χ2n) is 10.8. The summed E-state index contributed by atoms with van der Waals surface area (Å²) in [7, 11) is 3.65. The van der Waals surface area contributed by atoms with Crippen molar-refractivity contribution in [3.8, 4) is 11.5 Å². The number of rotatable bonds is 21. The Balaban J connectivity index is 0.00000112. The lowest BCUT2D eigenvalue weighted by molar-refractivity contribution is -0.384. The Hall–Kier alpha value is -7.44. The minimum Gasteiger partial charge on any atom is -0.495 e. The highest BCUT2D eigenvalue weighted by molar-refractivity contribution is 5.84. The van der Waals surface area contributed by atoms with Gasteiger partial charge >= 0.3 is 47.8 Å². The molecule has 0 aliphatic rings. The van der Waals surface area contributed by atoms with E-state index in [0.717, 1.165) is 38.0 Å². The fourth-order valence-electron chi connectivity index (χ4n) is 3.97. The topological polar surface area (TPSA) is 325 Å². The quantitative estimate of drug-likeness (QED) is 0.0427. The molecular formula is C35H46N4O21. The highest BCUT2D eigenvalue weighted by Gasteiger charge is 2.24. The van der Waals surface area contributed by atoms with Crippen LogP contribution in [0.2, 0.25) is 0 Å². The van der Waals surface area contributed by atoms with E-state index < -0.39 is 92.9 Å². The molecule has 0 aliphatic heterocycles. The Morgan fingerprint density at radius 3 is 1.13 bits per heavy atom. The molecule has 25 nitrogen and oxygen atoms in total. The van der Waals surface area contributed by atoms with E-state index in [9.17, 15) is 48.5 Å². The van der Waals surface area contributed by atoms with Crippen LogP contribution < -0.4 is 25.0 Å². The number of methoxy groups -OCH3 is 2. The van der Waals surface area contributed by atoms with Crippen LogP contribution in [0.5, 0.6) is 11.5 Å². The molecule has 0 fully saturated rings. The van der Waals surface area contributed by atoms with Gasteiger partial charge in [-0.15, -0.1) is 0 Å². The number of hydrogen-bond donors (Lipinski definition) is 2. The van der Waals surface area contributed by atoms with Crippen molar-refractivity contribution in [2.24, 2.45) is 0 Å². The Kier molecular flexibility index (Phi) is 25.3. The fourth-order valence-corrected chi connectivity index (χ4v) is 3.97. The molecule has 0 unspecified atom stereocenters. The maximum atomic E-state index is 12.0. The first-order valence-electron chi connectivity index (χ1n) is 16.7. The zero-order chi connectivity index (χ0) is 45.8. The van der Waals surface area contributed by atoms with Gasteiger partial charge in [0, 0.05) is 52.6 Å². The molecule has 332 valence electrons. The molecule has 2 aromatic rings. The molecule has 3 N–H and O–H groups in total. The van der Waals surface area contributed by atoms with Gasteiger partial charge in [0.25, 0.3) is 5.69 Å².